The number of anilines is 1. The Balaban J connectivity index is 2.98. The lowest BCUT2D eigenvalue weighted by Gasteiger charge is -2.26. The molecule has 130 valence electrons. The van der Waals surface area contributed by atoms with Crippen LogP contribution in [-0.2, 0) is 26.0 Å². The normalized spacial score (nSPS) is 11.3. The van der Waals surface area contributed by atoms with Crippen LogP contribution < -0.4 is 9.62 Å². The molecule has 0 saturated carbocycles. The van der Waals surface area contributed by atoms with Gasteiger partial charge < -0.3 is 10.1 Å². The van der Waals surface area contributed by atoms with Crippen molar-refractivity contribution in [2.75, 3.05) is 37.4 Å². The number of carbonyl (C=O) groups excluding carboxylic acids is 1. The van der Waals surface area contributed by atoms with Gasteiger partial charge in [-0.05, 0) is 30.9 Å². The first kappa shape index (κ1) is 19.4. The first-order chi connectivity index (χ1) is 10.8. The highest BCUT2D eigenvalue weighted by Gasteiger charge is 2.24. The zero-order chi connectivity index (χ0) is 17.5. The molecule has 1 amide bonds. The number of ether oxygens (including phenoxy) is 1. The van der Waals surface area contributed by atoms with Gasteiger partial charge in [0.1, 0.15) is 6.54 Å². The lowest BCUT2D eigenvalue weighted by atomic mass is 10.1. The summed E-state index contributed by atoms with van der Waals surface area (Å²) in [6, 6.07) is 5.63. The maximum atomic E-state index is 12.2. The van der Waals surface area contributed by atoms with Gasteiger partial charge in [0.2, 0.25) is 15.9 Å². The highest BCUT2D eigenvalue weighted by Crippen LogP contribution is 2.27. The van der Waals surface area contributed by atoms with Crippen LogP contribution in [0.2, 0.25) is 0 Å². The molecule has 0 spiro atoms. The van der Waals surface area contributed by atoms with Crippen LogP contribution in [0.3, 0.4) is 0 Å². The molecule has 0 bridgehead atoms. The van der Waals surface area contributed by atoms with Gasteiger partial charge in [-0.2, -0.15) is 0 Å². The van der Waals surface area contributed by atoms with Crippen LogP contribution >= 0.6 is 0 Å². The van der Waals surface area contributed by atoms with E-state index in [-0.39, 0.29) is 12.5 Å². The lowest BCUT2D eigenvalue weighted by molar-refractivity contribution is -0.119. The van der Waals surface area contributed by atoms with E-state index in [9.17, 15) is 13.2 Å². The molecule has 6 nitrogen and oxygen atoms in total. The molecule has 0 fully saturated rings. The minimum absolute atomic E-state index is 0.219. The molecule has 7 heteroatoms. The molecule has 0 atom stereocenters. The van der Waals surface area contributed by atoms with Gasteiger partial charge in [0.15, 0.2) is 0 Å². The molecule has 0 radical (unpaired) electrons. The van der Waals surface area contributed by atoms with Gasteiger partial charge in [-0.3, -0.25) is 9.10 Å². The second-order valence-electron chi connectivity index (χ2n) is 5.40. The summed E-state index contributed by atoms with van der Waals surface area (Å²) in [5, 5.41) is 2.72. The van der Waals surface area contributed by atoms with E-state index in [1.807, 2.05) is 32.0 Å². The third-order valence-corrected chi connectivity index (χ3v) is 4.60. The van der Waals surface area contributed by atoms with Crippen molar-refractivity contribution >= 4 is 21.6 Å². The number of carbonyl (C=O) groups is 1. The van der Waals surface area contributed by atoms with E-state index in [4.69, 9.17) is 4.74 Å². The van der Waals surface area contributed by atoms with Gasteiger partial charge in [-0.1, -0.05) is 25.1 Å². The van der Waals surface area contributed by atoms with E-state index in [0.29, 0.717) is 31.7 Å². The number of hydrogen-bond acceptors (Lipinski definition) is 4. The van der Waals surface area contributed by atoms with E-state index < -0.39 is 10.0 Å². The minimum atomic E-state index is -3.56. The Morgan fingerprint density at radius 1 is 1.35 bits per heavy atom. The summed E-state index contributed by atoms with van der Waals surface area (Å²) in [6.07, 6.45) is 2.50. The van der Waals surface area contributed by atoms with Crippen LogP contribution in [0, 0.1) is 6.92 Å². The summed E-state index contributed by atoms with van der Waals surface area (Å²) in [6.45, 7) is 4.60. The van der Waals surface area contributed by atoms with Crippen LogP contribution in [0.4, 0.5) is 5.69 Å². The fourth-order valence-electron chi connectivity index (χ4n) is 2.35. The number of rotatable bonds is 9. The number of sulfonamides is 1. The molecule has 23 heavy (non-hydrogen) atoms. The molecule has 1 aromatic carbocycles. The second kappa shape index (κ2) is 8.88. The molecule has 0 saturated heterocycles. The molecule has 0 unspecified atom stereocenters. The Morgan fingerprint density at radius 2 is 2.04 bits per heavy atom. The summed E-state index contributed by atoms with van der Waals surface area (Å²) in [5.41, 5.74) is 2.34. The maximum Gasteiger partial charge on any atom is 0.240 e. The largest absolute Gasteiger partial charge is 0.385 e. The SMILES string of the molecule is CCc1cccc(C)c1N(CC(=O)NCCCOC)S(C)(=O)=O. The fourth-order valence-corrected chi connectivity index (χ4v) is 3.30. The Labute approximate surface area is 138 Å². The average molecular weight is 342 g/mol. The quantitative estimate of drug-likeness (QED) is 0.690. The summed E-state index contributed by atoms with van der Waals surface area (Å²) >= 11 is 0. The topological polar surface area (TPSA) is 75.7 Å². The van der Waals surface area contributed by atoms with Gasteiger partial charge in [-0.25, -0.2) is 8.42 Å². The maximum absolute atomic E-state index is 12.2. The first-order valence-corrected chi connectivity index (χ1v) is 9.48. The zero-order valence-electron chi connectivity index (χ0n) is 14.3. The number of amides is 1. The van der Waals surface area contributed by atoms with Crippen molar-refractivity contribution in [3.63, 3.8) is 0 Å². The van der Waals surface area contributed by atoms with E-state index >= 15 is 0 Å². The molecule has 1 aromatic rings. The summed E-state index contributed by atoms with van der Waals surface area (Å²) in [5.74, 6) is -0.322. The van der Waals surface area contributed by atoms with Crippen molar-refractivity contribution < 1.29 is 17.9 Å². The van der Waals surface area contributed by atoms with Gasteiger partial charge >= 0.3 is 0 Å². The molecule has 0 heterocycles. The highest BCUT2D eigenvalue weighted by molar-refractivity contribution is 7.92. The van der Waals surface area contributed by atoms with E-state index in [1.165, 1.54) is 4.31 Å². The number of nitrogens with zero attached hydrogens (tertiary/aromatic N) is 1. The van der Waals surface area contributed by atoms with Crippen LogP contribution in [-0.4, -0.2) is 47.4 Å². The Kier molecular flexibility index (Phi) is 7.51. The number of hydrogen-bond donors (Lipinski definition) is 1. The molecule has 1 N–H and O–H groups in total. The van der Waals surface area contributed by atoms with E-state index in [0.717, 1.165) is 17.4 Å². The number of methoxy groups -OCH3 is 1. The van der Waals surface area contributed by atoms with Gasteiger partial charge in [0, 0.05) is 20.3 Å². The minimum Gasteiger partial charge on any atom is -0.385 e. The molecule has 0 aliphatic rings. The lowest BCUT2D eigenvalue weighted by Crippen LogP contribution is -2.41. The highest BCUT2D eigenvalue weighted by atomic mass is 32.2. The van der Waals surface area contributed by atoms with Gasteiger partial charge in [0.05, 0.1) is 11.9 Å². The van der Waals surface area contributed by atoms with Crippen molar-refractivity contribution in [3.05, 3.63) is 29.3 Å². The van der Waals surface area contributed by atoms with Crippen molar-refractivity contribution in [1.82, 2.24) is 5.32 Å². The Morgan fingerprint density at radius 3 is 2.61 bits per heavy atom. The number of benzene rings is 1. The zero-order valence-corrected chi connectivity index (χ0v) is 15.1. The third-order valence-electron chi connectivity index (χ3n) is 3.49. The van der Waals surface area contributed by atoms with Crippen LogP contribution in [0.15, 0.2) is 18.2 Å². The van der Waals surface area contributed by atoms with E-state index in [2.05, 4.69) is 5.32 Å². The van der Waals surface area contributed by atoms with Crippen molar-refractivity contribution in [3.8, 4) is 0 Å². The Bertz CT molecular complexity index is 629. The molecular formula is C16H26N2O4S. The molecule has 1 rings (SSSR count). The second-order valence-corrected chi connectivity index (χ2v) is 7.31. The monoisotopic (exact) mass is 342 g/mol. The predicted molar refractivity (Wildman–Crippen MR) is 92.2 cm³/mol. The van der Waals surface area contributed by atoms with Gasteiger partial charge in [-0.15, -0.1) is 0 Å². The van der Waals surface area contributed by atoms with Crippen molar-refractivity contribution in [2.24, 2.45) is 0 Å². The Hall–Kier alpha value is -1.60. The first-order valence-electron chi connectivity index (χ1n) is 7.63. The predicted octanol–water partition coefficient (Wildman–Crippen LogP) is 1.48. The van der Waals surface area contributed by atoms with Crippen LogP contribution in [0.5, 0.6) is 0 Å². The smallest absolute Gasteiger partial charge is 0.240 e. The number of aryl methyl sites for hydroxylation is 2. The third kappa shape index (κ3) is 5.84. The standard InChI is InChI=1S/C16H26N2O4S/c1-5-14-9-6-8-13(2)16(14)18(23(4,20)21)12-15(19)17-10-7-11-22-3/h6,8-9H,5,7,10-12H2,1-4H3,(H,17,19). The molecular weight excluding hydrogens is 316 g/mol. The van der Waals surface area contributed by atoms with Gasteiger partial charge in [0.25, 0.3) is 0 Å². The van der Waals surface area contributed by atoms with Crippen LogP contribution in [0.1, 0.15) is 24.5 Å². The summed E-state index contributed by atoms with van der Waals surface area (Å²) < 4.78 is 30.5. The van der Waals surface area contributed by atoms with Crippen molar-refractivity contribution in [2.45, 2.75) is 26.7 Å². The fraction of sp³-hybridized carbons (Fsp3) is 0.562. The summed E-state index contributed by atoms with van der Waals surface area (Å²) in [7, 11) is -1.96. The summed E-state index contributed by atoms with van der Waals surface area (Å²) in [4.78, 5) is 12.1. The number of para-hydroxylation sites is 1. The molecule has 0 aromatic heterocycles. The average Bonchev–Trinajstić information content (AvgIpc) is 2.48. The van der Waals surface area contributed by atoms with Crippen molar-refractivity contribution in [1.29, 1.82) is 0 Å². The van der Waals surface area contributed by atoms with E-state index in [1.54, 1.807) is 7.11 Å². The number of nitrogens with one attached hydrogen (secondary N) is 1. The molecule has 0 aliphatic carbocycles. The molecule has 0 aliphatic heterocycles. The van der Waals surface area contributed by atoms with Crippen LogP contribution in [0.25, 0.3) is 0 Å².